The van der Waals surface area contributed by atoms with Crippen LogP contribution >= 0.6 is 0 Å². The molecule has 1 rings (SSSR count). The van der Waals surface area contributed by atoms with Gasteiger partial charge in [0, 0.05) is 7.05 Å². The van der Waals surface area contributed by atoms with Crippen LogP contribution in [0.4, 0.5) is 0 Å². The molecular weight excluding hydrogens is 216 g/mol. The summed E-state index contributed by atoms with van der Waals surface area (Å²) in [5, 5.41) is 1.06. The van der Waals surface area contributed by atoms with Crippen molar-refractivity contribution in [3.63, 3.8) is 0 Å². The first kappa shape index (κ1) is 13.5. The average molecular weight is 236 g/mol. The molecule has 0 atom stereocenters. The van der Waals surface area contributed by atoms with Crippen LogP contribution in [0.3, 0.4) is 0 Å². The third-order valence-electron chi connectivity index (χ3n) is 2.62. The molecule has 4 heteroatoms. The molecule has 94 valence electrons. The molecule has 0 aliphatic carbocycles. The SMILES string of the molecule is COc1ccc(C(C)(C)C)cc1C(=O)N(C)N. The number of rotatable bonds is 2. The fourth-order valence-corrected chi connectivity index (χ4v) is 1.53. The van der Waals surface area contributed by atoms with Gasteiger partial charge >= 0.3 is 0 Å². The smallest absolute Gasteiger partial charge is 0.271 e. The van der Waals surface area contributed by atoms with E-state index in [0.717, 1.165) is 10.6 Å². The van der Waals surface area contributed by atoms with Crippen LogP contribution in [0.2, 0.25) is 0 Å². The molecule has 17 heavy (non-hydrogen) atoms. The van der Waals surface area contributed by atoms with E-state index in [2.05, 4.69) is 20.8 Å². The first-order valence-corrected chi connectivity index (χ1v) is 5.48. The maximum atomic E-state index is 11.9. The number of methoxy groups -OCH3 is 1. The second kappa shape index (κ2) is 4.75. The number of nitrogens with zero attached hydrogens (tertiary/aromatic N) is 1. The lowest BCUT2D eigenvalue weighted by atomic mass is 9.86. The van der Waals surface area contributed by atoms with Crippen LogP contribution in [0.5, 0.6) is 5.75 Å². The molecule has 0 spiro atoms. The minimum atomic E-state index is -0.257. The van der Waals surface area contributed by atoms with Crippen molar-refractivity contribution >= 4 is 5.91 Å². The van der Waals surface area contributed by atoms with E-state index in [1.165, 1.54) is 7.05 Å². The summed E-state index contributed by atoms with van der Waals surface area (Å²) in [6.45, 7) is 6.28. The topological polar surface area (TPSA) is 55.6 Å². The molecule has 0 unspecified atom stereocenters. The quantitative estimate of drug-likeness (QED) is 0.485. The summed E-state index contributed by atoms with van der Waals surface area (Å²) < 4.78 is 5.18. The number of carbonyl (C=O) groups excluding carboxylic acids is 1. The van der Waals surface area contributed by atoms with Crippen LogP contribution in [0.15, 0.2) is 18.2 Å². The van der Waals surface area contributed by atoms with E-state index in [1.807, 2.05) is 12.1 Å². The summed E-state index contributed by atoms with van der Waals surface area (Å²) in [5.41, 5.74) is 1.54. The Kier molecular flexibility index (Phi) is 3.78. The van der Waals surface area contributed by atoms with Crippen LogP contribution in [0.25, 0.3) is 0 Å². The fraction of sp³-hybridized carbons (Fsp3) is 0.462. The number of ether oxygens (including phenoxy) is 1. The molecule has 0 bridgehead atoms. The number of benzene rings is 1. The van der Waals surface area contributed by atoms with Crippen molar-refractivity contribution in [2.45, 2.75) is 26.2 Å². The number of hydrazine groups is 1. The van der Waals surface area contributed by atoms with E-state index < -0.39 is 0 Å². The van der Waals surface area contributed by atoms with Gasteiger partial charge in [-0.15, -0.1) is 0 Å². The summed E-state index contributed by atoms with van der Waals surface area (Å²) in [6.07, 6.45) is 0. The van der Waals surface area contributed by atoms with Gasteiger partial charge in [0.2, 0.25) is 0 Å². The molecule has 4 nitrogen and oxygen atoms in total. The first-order valence-electron chi connectivity index (χ1n) is 5.48. The highest BCUT2D eigenvalue weighted by Crippen LogP contribution is 2.28. The minimum absolute atomic E-state index is 0.0194. The van der Waals surface area contributed by atoms with Gasteiger partial charge in [0.05, 0.1) is 12.7 Å². The predicted octanol–water partition coefficient (Wildman–Crippen LogP) is 1.94. The summed E-state index contributed by atoms with van der Waals surface area (Å²) in [7, 11) is 3.06. The monoisotopic (exact) mass is 236 g/mol. The second-order valence-corrected chi connectivity index (χ2v) is 5.08. The van der Waals surface area contributed by atoms with Gasteiger partial charge in [-0.3, -0.25) is 9.80 Å². The summed E-state index contributed by atoms with van der Waals surface area (Å²) >= 11 is 0. The van der Waals surface area contributed by atoms with Gasteiger partial charge in [0.15, 0.2) is 0 Å². The zero-order valence-corrected chi connectivity index (χ0v) is 11.1. The Morgan fingerprint density at radius 1 is 1.35 bits per heavy atom. The molecule has 0 aromatic heterocycles. The van der Waals surface area contributed by atoms with Crippen LogP contribution in [0.1, 0.15) is 36.7 Å². The lowest BCUT2D eigenvalue weighted by Crippen LogP contribution is -2.33. The summed E-state index contributed by atoms with van der Waals surface area (Å²) in [4.78, 5) is 11.9. The number of hydrogen-bond donors (Lipinski definition) is 1. The molecule has 0 radical (unpaired) electrons. The van der Waals surface area contributed by atoms with Crippen molar-refractivity contribution in [3.8, 4) is 5.75 Å². The van der Waals surface area contributed by atoms with Crippen LogP contribution in [0, 0.1) is 0 Å². The van der Waals surface area contributed by atoms with Gasteiger partial charge in [-0.05, 0) is 23.1 Å². The molecule has 0 aliphatic heterocycles. The molecule has 0 fully saturated rings. The number of hydrogen-bond acceptors (Lipinski definition) is 3. The highest BCUT2D eigenvalue weighted by Gasteiger charge is 2.20. The Morgan fingerprint density at radius 3 is 2.35 bits per heavy atom. The number of nitrogens with two attached hydrogens (primary N) is 1. The Labute approximate surface area is 102 Å². The third-order valence-corrected chi connectivity index (χ3v) is 2.62. The highest BCUT2D eigenvalue weighted by molar-refractivity contribution is 5.96. The van der Waals surface area contributed by atoms with Crippen molar-refractivity contribution in [2.75, 3.05) is 14.2 Å². The number of carbonyl (C=O) groups is 1. The van der Waals surface area contributed by atoms with Gasteiger partial charge in [-0.2, -0.15) is 0 Å². The van der Waals surface area contributed by atoms with Crippen molar-refractivity contribution in [2.24, 2.45) is 5.84 Å². The zero-order chi connectivity index (χ0) is 13.2. The van der Waals surface area contributed by atoms with Crippen molar-refractivity contribution in [1.29, 1.82) is 0 Å². The molecule has 0 aliphatic rings. The van der Waals surface area contributed by atoms with Crippen LogP contribution in [-0.2, 0) is 5.41 Å². The molecule has 0 heterocycles. The van der Waals surface area contributed by atoms with E-state index in [9.17, 15) is 4.79 Å². The van der Waals surface area contributed by atoms with E-state index in [4.69, 9.17) is 10.6 Å². The summed E-state index contributed by atoms with van der Waals surface area (Å²) in [5.74, 6) is 5.76. The molecule has 2 N–H and O–H groups in total. The van der Waals surface area contributed by atoms with Crippen molar-refractivity contribution in [3.05, 3.63) is 29.3 Å². The molecule has 0 saturated carbocycles. The van der Waals surface area contributed by atoms with Gasteiger partial charge < -0.3 is 4.74 Å². The molecule has 1 amide bonds. The Hall–Kier alpha value is -1.55. The third kappa shape index (κ3) is 2.97. The highest BCUT2D eigenvalue weighted by atomic mass is 16.5. The maximum Gasteiger partial charge on any atom is 0.271 e. The van der Waals surface area contributed by atoms with Crippen molar-refractivity contribution < 1.29 is 9.53 Å². The van der Waals surface area contributed by atoms with Crippen LogP contribution in [-0.4, -0.2) is 25.1 Å². The van der Waals surface area contributed by atoms with Gasteiger partial charge in [0.25, 0.3) is 5.91 Å². The number of amides is 1. The van der Waals surface area contributed by atoms with E-state index >= 15 is 0 Å². The predicted molar refractivity (Wildman–Crippen MR) is 68.0 cm³/mol. The van der Waals surface area contributed by atoms with Crippen molar-refractivity contribution in [1.82, 2.24) is 5.01 Å². The molecular formula is C13H20N2O2. The normalized spacial score (nSPS) is 11.2. The minimum Gasteiger partial charge on any atom is -0.496 e. The lowest BCUT2D eigenvalue weighted by molar-refractivity contribution is 0.0791. The van der Waals surface area contributed by atoms with Gasteiger partial charge in [-0.25, -0.2) is 5.84 Å². The Balaban J connectivity index is 3.30. The standard InChI is InChI=1S/C13H20N2O2/c1-13(2,3)9-6-7-11(17-5)10(8-9)12(16)15(4)14/h6-8H,14H2,1-5H3. The van der Waals surface area contributed by atoms with Gasteiger partial charge in [-0.1, -0.05) is 26.8 Å². The maximum absolute atomic E-state index is 11.9. The summed E-state index contributed by atoms with van der Waals surface area (Å²) in [6, 6.07) is 5.61. The fourth-order valence-electron chi connectivity index (χ4n) is 1.53. The van der Waals surface area contributed by atoms with E-state index in [-0.39, 0.29) is 11.3 Å². The zero-order valence-electron chi connectivity index (χ0n) is 11.1. The van der Waals surface area contributed by atoms with E-state index in [0.29, 0.717) is 11.3 Å². The Bertz CT molecular complexity index is 420. The Morgan fingerprint density at radius 2 is 1.94 bits per heavy atom. The first-order chi connectivity index (χ1) is 7.77. The molecule has 1 aromatic carbocycles. The van der Waals surface area contributed by atoms with E-state index in [1.54, 1.807) is 13.2 Å². The second-order valence-electron chi connectivity index (χ2n) is 5.08. The largest absolute Gasteiger partial charge is 0.496 e. The van der Waals surface area contributed by atoms with Gasteiger partial charge in [0.1, 0.15) is 5.75 Å². The molecule has 1 aromatic rings. The lowest BCUT2D eigenvalue weighted by Gasteiger charge is -2.21. The molecule has 0 saturated heterocycles. The van der Waals surface area contributed by atoms with Crippen LogP contribution < -0.4 is 10.6 Å². The average Bonchev–Trinajstić information content (AvgIpc) is 2.25.